The van der Waals surface area contributed by atoms with E-state index in [-0.39, 0.29) is 5.69 Å². The average Bonchev–Trinajstić information content (AvgIpc) is 2.18. The molecule has 0 heterocycles. The van der Waals surface area contributed by atoms with E-state index < -0.39 is 10.8 Å². The van der Waals surface area contributed by atoms with Gasteiger partial charge >= 0.3 is 0 Å². The molecule has 1 rings (SSSR count). The summed E-state index contributed by atoms with van der Waals surface area (Å²) in [6, 6.07) is 5.87. The van der Waals surface area contributed by atoms with Gasteiger partial charge in [0.1, 0.15) is 0 Å². The van der Waals surface area contributed by atoms with Gasteiger partial charge in [-0.1, -0.05) is 0 Å². The molecule has 0 radical (unpaired) electrons. The number of rotatable bonds is 3. The predicted molar refractivity (Wildman–Crippen MR) is 55.9 cm³/mol. The van der Waals surface area contributed by atoms with E-state index in [2.05, 4.69) is 0 Å². The highest BCUT2D eigenvalue weighted by Crippen LogP contribution is 2.13. The molecule has 0 bridgehead atoms. The van der Waals surface area contributed by atoms with Crippen molar-refractivity contribution in [2.75, 3.05) is 0 Å². The molecule has 0 saturated carbocycles. The molecule has 1 aromatic rings. The number of amides is 1. The molecule has 0 atom stereocenters. The normalized spacial score (nSPS) is 11.1. The Labute approximate surface area is 86.4 Å². The summed E-state index contributed by atoms with van der Waals surface area (Å²) in [4.78, 5) is 20.6. The third-order valence-corrected chi connectivity index (χ3v) is 1.88. The monoisotopic (exact) mass is 206 g/mol. The van der Waals surface area contributed by atoms with Crippen LogP contribution in [0.4, 0.5) is 5.69 Å². The third-order valence-electron chi connectivity index (χ3n) is 1.88. The van der Waals surface area contributed by atoms with Crippen LogP contribution in [0.15, 0.2) is 29.8 Å². The molecule has 2 N–H and O–H groups in total. The van der Waals surface area contributed by atoms with E-state index in [4.69, 9.17) is 5.73 Å². The molecule has 0 aromatic heterocycles. The van der Waals surface area contributed by atoms with Crippen molar-refractivity contribution >= 4 is 17.7 Å². The number of nitro benzene ring substituents is 1. The molecule has 0 aliphatic rings. The first-order valence-electron chi connectivity index (χ1n) is 4.23. The third kappa shape index (κ3) is 2.91. The minimum absolute atomic E-state index is 0.0175. The molecule has 5 nitrogen and oxygen atoms in total. The Morgan fingerprint density at radius 3 is 2.33 bits per heavy atom. The summed E-state index contributed by atoms with van der Waals surface area (Å²) in [6.45, 7) is 1.59. The van der Waals surface area contributed by atoms with E-state index in [1.54, 1.807) is 25.1 Å². The number of hydrogen-bond acceptors (Lipinski definition) is 3. The van der Waals surface area contributed by atoms with Gasteiger partial charge in [0.05, 0.1) is 4.92 Å². The smallest absolute Gasteiger partial charge is 0.269 e. The number of nitro groups is 1. The molecule has 0 aliphatic carbocycles. The first-order valence-corrected chi connectivity index (χ1v) is 4.23. The molecule has 0 fully saturated rings. The Morgan fingerprint density at radius 2 is 1.93 bits per heavy atom. The van der Waals surface area contributed by atoms with Crippen molar-refractivity contribution in [2.24, 2.45) is 5.73 Å². The summed E-state index contributed by atoms with van der Waals surface area (Å²) >= 11 is 0. The highest BCUT2D eigenvalue weighted by Gasteiger charge is 2.03. The Hall–Kier alpha value is -2.17. The molecule has 1 amide bonds. The summed E-state index contributed by atoms with van der Waals surface area (Å²) in [7, 11) is 0. The van der Waals surface area contributed by atoms with Gasteiger partial charge < -0.3 is 5.73 Å². The van der Waals surface area contributed by atoms with E-state index in [1.165, 1.54) is 12.1 Å². The van der Waals surface area contributed by atoms with Gasteiger partial charge in [0.2, 0.25) is 5.91 Å². The van der Waals surface area contributed by atoms with Crippen LogP contribution in [0, 0.1) is 10.1 Å². The number of nitrogens with zero attached hydrogens (tertiary/aromatic N) is 1. The second-order valence-corrected chi connectivity index (χ2v) is 3.04. The van der Waals surface area contributed by atoms with Gasteiger partial charge in [-0.2, -0.15) is 0 Å². The second-order valence-electron chi connectivity index (χ2n) is 3.04. The van der Waals surface area contributed by atoms with E-state index >= 15 is 0 Å². The summed E-state index contributed by atoms with van der Waals surface area (Å²) in [5, 5.41) is 10.4. The maximum atomic E-state index is 10.7. The lowest BCUT2D eigenvalue weighted by Crippen LogP contribution is -2.11. The fraction of sp³-hybridized carbons (Fsp3) is 0.100. The van der Waals surface area contributed by atoms with Gasteiger partial charge in [-0.3, -0.25) is 14.9 Å². The van der Waals surface area contributed by atoms with E-state index in [9.17, 15) is 14.9 Å². The summed E-state index contributed by atoms with van der Waals surface area (Å²) in [5.41, 5.74) is 6.18. The topological polar surface area (TPSA) is 86.2 Å². The molecule has 0 spiro atoms. The number of hydrogen-bond donors (Lipinski definition) is 1. The molecule has 78 valence electrons. The predicted octanol–water partition coefficient (Wildman–Crippen LogP) is 1.48. The Kier molecular flexibility index (Phi) is 3.17. The summed E-state index contributed by atoms with van der Waals surface area (Å²) < 4.78 is 0. The lowest BCUT2D eigenvalue weighted by Gasteiger charge is -1.96. The highest BCUT2D eigenvalue weighted by atomic mass is 16.6. The number of carbonyl (C=O) groups is 1. The number of carbonyl (C=O) groups excluding carboxylic acids is 1. The molecule has 5 heteroatoms. The van der Waals surface area contributed by atoms with Crippen LogP contribution >= 0.6 is 0 Å². The van der Waals surface area contributed by atoms with Crippen LogP contribution in [0.1, 0.15) is 12.5 Å². The van der Waals surface area contributed by atoms with Crippen molar-refractivity contribution in [2.45, 2.75) is 6.92 Å². The van der Waals surface area contributed by atoms with Crippen LogP contribution < -0.4 is 5.73 Å². The largest absolute Gasteiger partial charge is 0.366 e. The first-order chi connectivity index (χ1) is 7.00. The van der Waals surface area contributed by atoms with Crippen LogP contribution in [-0.2, 0) is 4.79 Å². The second kappa shape index (κ2) is 4.36. The van der Waals surface area contributed by atoms with Crippen molar-refractivity contribution < 1.29 is 9.72 Å². The molecule has 0 aliphatic heterocycles. The van der Waals surface area contributed by atoms with E-state index in [0.29, 0.717) is 11.1 Å². The van der Waals surface area contributed by atoms with Gasteiger partial charge in [-0.05, 0) is 30.7 Å². The van der Waals surface area contributed by atoms with Gasteiger partial charge in [-0.25, -0.2) is 0 Å². The van der Waals surface area contributed by atoms with Crippen LogP contribution in [0.25, 0.3) is 6.08 Å². The molecule has 15 heavy (non-hydrogen) atoms. The molecule has 0 unspecified atom stereocenters. The molecular formula is C10H10N2O3. The zero-order chi connectivity index (χ0) is 11.4. The van der Waals surface area contributed by atoms with Gasteiger partial charge in [0, 0.05) is 17.7 Å². The lowest BCUT2D eigenvalue weighted by molar-refractivity contribution is -0.384. The van der Waals surface area contributed by atoms with Crippen molar-refractivity contribution in [3.8, 4) is 0 Å². The average molecular weight is 206 g/mol. The number of benzene rings is 1. The van der Waals surface area contributed by atoms with Gasteiger partial charge in [-0.15, -0.1) is 0 Å². The zero-order valence-electron chi connectivity index (χ0n) is 8.14. The maximum Gasteiger partial charge on any atom is 0.269 e. The van der Waals surface area contributed by atoms with E-state index in [1.807, 2.05) is 0 Å². The van der Waals surface area contributed by atoms with Crippen molar-refractivity contribution in [1.82, 2.24) is 0 Å². The minimum Gasteiger partial charge on any atom is -0.366 e. The van der Waals surface area contributed by atoms with Crippen LogP contribution in [-0.4, -0.2) is 10.8 Å². The number of primary amides is 1. The molecular weight excluding hydrogens is 196 g/mol. The Morgan fingerprint density at radius 1 is 1.40 bits per heavy atom. The van der Waals surface area contributed by atoms with Crippen molar-refractivity contribution in [3.63, 3.8) is 0 Å². The van der Waals surface area contributed by atoms with Gasteiger partial charge in [0.25, 0.3) is 5.69 Å². The fourth-order valence-corrected chi connectivity index (χ4v) is 1.01. The SMILES string of the molecule is CC(=Cc1ccc([N+](=O)[O-])cc1)C(N)=O. The lowest BCUT2D eigenvalue weighted by atomic mass is 10.1. The van der Waals surface area contributed by atoms with Crippen LogP contribution in [0.5, 0.6) is 0 Å². The van der Waals surface area contributed by atoms with Crippen LogP contribution in [0.3, 0.4) is 0 Å². The minimum atomic E-state index is -0.506. The summed E-state index contributed by atoms with van der Waals surface area (Å²) in [5.74, 6) is -0.506. The molecule has 1 aromatic carbocycles. The Bertz CT molecular complexity index is 421. The van der Waals surface area contributed by atoms with Gasteiger partial charge in [0.15, 0.2) is 0 Å². The molecule has 0 saturated heterocycles. The number of non-ortho nitro benzene ring substituents is 1. The maximum absolute atomic E-state index is 10.7. The first kappa shape index (κ1) is 10.9. The zero-order valence-corrected chi connectivity index (χ0v) is 8.14. The quantitative estimate of drug-likeness (QED) is 0.461. The Balaban J connectivity index is 2.95. The van der Waals surface area contributed by atoms with Crippen LogP contribution in [0.2, 0.25) is 0 Å². The standard InChI is InChI=1S/C10H10N2O3/c1-7(10(11)13)6-8-2-4-9(5-3-8)12(14)15/h2-6H,1H3,(H2,11,13). The van der Waals surface area contributed by atoms with E-state index in [0.717, 1.165) is 0 Å². The van der Waals surface area contributed by atoms with Crippen molar-refractivity contribution in [3.05, 3.63) is 45.5 Å². The summed E-state index contributed by atoms with van der Waals surface area (Å²) in [6.07, 6.45) is 1.58. The van der Waals surface area contributed by atoms with Crippen molar-refractivity contribution in [1.29, 1.82) is 0 Å². The highest BCUT2D eigenvalue weighted by molar-refractivity contribution is 5.95. The number of nitrogens with two attached hydrogens (primary N) is 1. The fourth-order valence-electron chi connectivity index (χ4n) is 1.01.